The smallest absolute Gasteiger partial charge is 0.251 e. The summed E-state index contributed by atoms with van der Waals surface area (Å²) in [6.07, 6.45) is 3.50. The van der Waals surface area contributed by atoms with Gasteiger partial charge in [-0.05, 0) is 49.4 Å². The first-order valence-corrected chi connectivity index (χ1v) is 6.85. The summed E-state index contributed by atoms with van der Waals surface area (Å²) >= 11 is 4.18. The van der Waals surface area contributed by atoms with Gasteiger partial charge in [0.25, 0.3) is 5.91 Å². The Balaban J connectivity index is 1.57. The van der Waals surface area contributed by atoms with Crippen molar-refractivity contribution in [3.05, 3.63) is 29.8 Å². The molecule has 1 saturated carbocycles. The molecule has 0 spiro atoms. The number of ether oxygens (including phenoxy) is 1. The van der Waals surface area contributed by atoms with Crippen LogP contribution in [0, 0.1) is 5.92 Å². The third-order valence-electron chi connectivity index (χ3n) is 2.93. The van der Waals surface area contributed by atoms with Crippen LogP contribution in [0.1, 0.15) is 29.6 Å². The molecule has 1 N–H and O–H groups in total. The Morgan fingerprint density at radius 1 is 1.33 bits per heavy atom. The van der Waals surface area contributed by atoms with Crippen molar-refractivity contribution in [2.45, 2.75) is 24.2 Å². The molecule has 98 valence electrons. The molecule has 2 rings (SSSR count). The standard InChI is InChI=1S/C14H19NO2S/c16-14(12-4-6-13(18)7-5-12)15-8-1-9-17-10-11-2-3-11/h4-7,11,18H,1-3,8-10H2,(H,15,16). The highest BCUT2D eigenvalue weighted by molar-refractivity contribution is 7.80. The molecule has 0 heterocycles. The van der Waals surface area contributed by atoms with Gasteiger partial charge < -0.3 is 10.1 Å². The Labute approximate surface area is 113 Å². The second-order valence-corrected chi connectivity index (χ2v) is 5.19. The second kappa shape index (κ2) is 6.81. The monoisotopic (exact) mass is 265 g/mol. The molecule has 0 unspecified atom stereocenters. The molecule has 0 bridgehead atoms. The van der Waals surface area contributed by atoms with E-state index in [1.54, 1.807) is 12.1 Å². The Bertz CT molecular complexity index is 387. The minimum absolute atomic E-state index is 0.0365. The molecule has 3 nitrogen and oxygen atoms in total. The highest BCUT2D eigenvalue weighted by atomic mass is 32.1. The van der Waals surface area contributed by atoms with E-state index in [4.69, 9.17) is 4.74 Å². The maximum absolute atomic E-state index is 11.7. The fourth-order valence-electron chi connectivity index (χ4n) is 1.63. The van der Waals surface area contributed by atoms with Crippen molar-refractivity contribution >= 4 is 18.5 Å². The Morgan fingerprint density at radius 2 is 2.06 bits per heavy atom. The first-order chi connectivity index (χ1) is 8.75. The first kappa shape index (κ1) is 13.4. The zero-order valence-corrected chi connectivity index (χ0v) is 11.3. The lowest BCUT2D eigenvalue weighted by molar-refractivity contribution is 0.0937. The Hall–Kier alpha value is -1.00. The third-order valence-corrected chi connectivity index (χ3v) is 3.23. The molecular formula is C14H19NO2S. The van der Waals surface area contributed by atoms with E-state index in [0.29, 0.717) is 12.1 Å². The highest BCUT2D eigenvalue weighted by Crippen LogP contribution is 2.28. The third kappa shape index (κ3) is 4.70. The van der Waals surface area contributed by atoms with Crippen LogP contribution in [0.4, 0.5) is 0 Å². The van der Waals surface area contributed by atoms with E-state index in [1.165, 1.54) is 12.8 Å². The van der Waals surface area contributed by atoms with Crippen LogP contribution in [0.3, 0.4) is 0 Å². The zero-order valence-electron chi connectivity index (χ0n) is 10.4. The molecular weight excluding hydrogens is 246 g/mol. The van der Waals surface area contributed by atoms with Crippen LogP contribution in [-0.2, 0) is 4.74 Å². The van der Waals surface area contributed by atoms with Crippen molar-refractivity contribution in [3.8, 4) is 0 Å². The van der Waals surface area contributed by atoms with Gasteiger partial charge in [0.1, 0.15) is 0 Å². The molecule has 0 aromatic heterocycles. The van der Waals surface area contributed by atoms with Crippen LogP contribution >= 0.6 is 12.6 Å². The van der Waals surface area contributed by atoms with Crippen LogP contribution in [0.15, 0.2) is 29.2 Å². The van der Waals surface area contributed by atoms with Crippen LogP contribution in [0.25, 0.3) is 0 Å². The zero-order chi connectivity index (χ0) is 12.8. The minimum Gasteiger partial charge on any atom is -0.381 e. The van der Waals surface area contributed by atoms with E-state index < -0.39 is 0 Å². The predicted octanol–water partition coefficient (Wildman–Crippen LogP) is 2.52. The number of thiol groups is 1. The van der Waals surface area contributed by atoms with Gasteiger partial charge in [-0.25, -0.2) is 0 Å². The summed E-state index contributed by atoms with van der Waals surface area (Å²) in [6, 6.07) is 7.19. The van der Waals surface area contributed by atoms with Crippen LogP contribution in [0.2, 0.25) is 0 Å². The lowest BCUT2D eigenvalue weighted by Gasteiger charge is -2.06. The van der Waals surface area contributed by atoms with Crippen LogP contribution in [-0.4, -0.2) is 25.7 Å². The van der Waals surface area contributed by atoms with Crippen molar-refractivity contribution < 1.29 is 9.53 Å². The summed E-state index contributed by atoms with van der Waals surface area (Å²) < 4.78 is 5.50. The van der Waals surface area contributed by atoms with Crippen molar-refractivity contribution in [2.75, 3.05) is 19.8 Å². The quantitative estimate of drug-likeness (QED) is 0.587. The fourth-order valence-corrected chi connectivity index (χ4v) is 1.77. The number of amides is 1. The van der Waals surface area contributed by atoms with E-state index >= 15 is 0 Å². The number of benzene rings is 1. The Morgan fingerprint density at radius 3 is 2.72 bits per heavy atom. The summed E-state index contributed by atoms with van der Waals surface area (Å²) in [5.74, 6) is 0.768. The van der Waals surface area contributed by atoms with E-state index in [1.807, 2.05) is 12.1 Å². The van der Waals surface area contributed by atoms with E-state index in [9.17, 15) is 4.79 Å². The molecule has 4 heteroatoms. The van der Waals surface area contributed by atoms with Crippen LogP contribution < -0.4 is 5.32 Å². The number of carbonyl (C=O) groups excluding carboxylic acids is 1. The molecule has 1 amide bonds. The lowest BCUT2D eigenvalue weighted by atomic mass is 10.2. The van der Waals surface area contributed by atoms with Gasteiger partial charge in [-0.1, -0.05) is 0 Å². The van der Waals surface area contributed by atoms with E-state index in [0.717, 1.165) is 30.4 Å². The number of hydrogen-bond acceptors (Lipinski definition) is 3. The topological polar surface area (TPSA) is 38.3 Å². The molecule has 18 heavy (non-hydrogen) atoms. The first-order valence-electron chi connectivity index (χ1n) is 6.40. The van der Waals surface area contributed by atoms with Gasteiger partial charge in [0.05, 0.1) is 0 Å². The maximum atomic E-state index is 11.7. The molecule has 0 saturated heterocycles. The average molecular weight is 265 g/mol. The van der Waals surface area contributed by atoms with Crippen molar-refractivity contribution in [3.63, 3.8) is 0 Å². The molecule has 1 aliphatic carbocycles. The maximum Gasteiger partial charge on any atom is 0.251 e. The van der Waals surface area contributed by atoms with Crippen molar-refractivity contribution in [1.29, 1.82) is 0 Å². The van der Waals surface area contributed by atoms with Crippen molar-refractivity contribution in [1.82, 2.24) is 5.32 Å². The number of nitrogens with one attached hydrogen (secondary N) is 1. The number of hydrogen-bond donors (Lipinski definition) is 2. The van der Waals surface area contributed by atoms with Crippen LogP contribution in [0.5, 0.6) is 0 Å². The molecule has 0 aliphatic heterocycles. The second-order valence-electron chi connectivity index (χ2n) is 4.67. The molecule has 1 aromatic carbocycles. The van der Waals surface area contributed by atoms with Gasteiger partial charge in [0.2, 0.25) is 0 Å². The van der Waals surface area contributed by atoms with Gasteiger partial charge in [0, 0.05) is 30.2 Å². The predicted molar refractivity (Wildman–Crippen MR) is 74.2 cm³/mol. The van der Waals surface area contributed by atoms with E-state index in [2.05, 4.69) is 17.9 Å². The average Bonchev–Trinajstić information content (AvgIpc) is 3.18. The molecule has 1 fully saturated rings. The molecule has 0 atom stereocenters. The Kier molecular flexibility index (Phi) is 5.08. The summed E-state index contributed by atoms with van der Waals surface area (Å²) in [5, 5.41) is 2.88. The van der Waals surface area contributed by atoms with Crippen molar-refractivity contribution in [2.24, 2.45) is 5.92 Å². The van der Waals surface area contributed by atoms with E-state index in [-0.39, 0.29) is 5.91 Å². The largest absolute Gasteiger partial charge is 0.381 e. The van der Waals surface area contributed by atoms with Gasteiger partial charge >= 0.3 is 0 Å². The highest BCUT2D eigenvalue weighted by Gasteiger charge is 2.20. The normalized spacial score (nSPS) is 14.5. The molecule has 0 radical (unpaired) electrons. The lowest BCUT2D eigenvalue weighted by Crippen LogP contribution is -2.25. The fraction of sp³-hybridized carbons (Fsp3) is 0.500. The number of rotatable bonds is 7. The SMILES string of the molecule is O=C(NCCCOCC1CC1)c1ccc(S)cc1. The van der Waals surface area contributed by atoms with Gasteiger partial charge in [-0.15, -0.1) is 12.6 Å². The molecule has 1 aromatic rings. The summed E-state index contributed by atoms with van der Waals surface area (Å²) in [6.45, 7) is 2.27. The summed E-state index contributed by atoms with van der Waals surface area (Å²) in [7, 11) is 0. The summed E-state index contributed by atoms with van der Waals surface area (Å²) in [4.78, 5) is 12.6. The minimum atomic E-state index is -0.0365. The number of carbonyl (C=O) groups is 1. The van der Waals surface area contributed by atoms with Gasteiger partial charge in [-0.2, -0.15) is 0 Å². The molecule has 1 aliphatic rings. The summed E-state index contributed by atoms with van der Waals surface area (Å²) in [5.41, 5.74) is 0.673. The van der Waals surface area contributed by atoms with Gasteiger partial charge in [0.15, 0.2) is 0 Å². The van der Waals surface area contributed by atoms with Gasteiger partial charge in [-0.3, -0.25) is 4.79 Å².